The summed E-state index contributed by atoms with van der Waals surface area (Å²) in [7, 11) is 0. The van der Waals surface area contributed by atoms with Crippen LogP contribution in [0.2, 0.25) is 0 Å². The summed E-state index contributed by atoms with van der Waals surface area (Å²) in [4.78, 5) is 19.0. The minimum atomic E-state index is -0.0979. The fourth-order valence-corrected chi connectivity index (χ4v) is 3.06. The number of hydrogen-bond acceptors (Lipinski definition) is 4. The number of hydrogen-bond donors (Lipinski definition) is 2. The Kier molecular flexibility index (Phi) is 5.76. The van der Waals surface area contributed by atoms with Gasteiger partial charge in [-0.25, -0.2) is 4.98 Å². The SMILES string of the molecule is CCCCSC(=S)NCc1ccc2nc(C)[nH]c(=O)c2c1. The molecule has 0 aliphatic rings. The molecular weight excluding hydrogens is 302 g/mol. The maximum Gasteiger partial charge on any atom is 0.258 e. The summed E-state index contributed by atoms with van der Waals surface area (Å²) in [5, 5.41) is 3.83. The maximum atomic E-state index is 11.9. The van der Waals surface area contributed by atoms with Gasteiger partial charge in [0, 0.05) is 12.3 Å². The number of aromatic amines is 1. The van der Waals surface area contributed by atoms with Crippen molar-refractivity contribution in [2.45, 2.75) is 33.2 Å². The Hall–Kier alpha value is -1.40. The van der Waals surface area contributed by atoms with Gasteiger partial charge in [-0.15, -0.1) is 0 Å². The minimum absolute atomic E-state index is 0.0979. The molecule has 1 aromatic heterocycles. The molecule has 0 amide bonds. The van der Waals surface area contributed by atoms with Crippen molar-refractivity contribution in [1.29, 1.82) is 0 Å². The lowest BCUT2D eigenvalue weighted by Crippen LogP contribution is -2.18. The van der Waals surface area contributed by atoms with E-state index in [2.05, 4.69) is 22.2 Å². The topological polar surface area (TPSA) is 57.8 Å². The Morgan fingerprint density at radius 3 is 3.05 bits per heavy atom. The number of nitrogens with zero attached hydrogens (tertiary/aromatic N) is 1. The third-order valence-electron chi connectivity index (χ3n) is 3.06. The van der Waals surface area contributed by atoms with Gasteiger partial charge >= 0.3 is 0 Å². The molecule has 0 saturated heterocycles. The summed E-state index contributed by atoms with van der Waals surface area (Å²) < 4.78 is 0.805. The van der Waals surface area contributed by atoms with Crippen molar-refractivity contribution in [3.8, 4) is 0 Å². The smallest absolute Gasteiger partial charge is 0.258 e. The Morgan fingerprint density at radius 1 is 1.48 bits per heavy atom. The van der Waals surface area contributed by atoms with E-state index in [4.69, 9.17) is 12.2 Å². The molecule has 0 spiro atoms. The van der Waals surface area contributed by atoms with Gasteiger partial charge in [0.05, 0.1) is 10.9 Å². The van der Waals surface area contributed by atoms with Crippen LogP contribution < -0.4 is 10.9 Å². The Bertz CT molecular complexity index is 697. The van der Waals surface area contributed by atoms with Gasteiger partial charge in [-0.3, -0.25) is 4.79 Å². The largest absolute Gasteiger partial charge is 0.367 e. The number of thiocarbonyl (C=S) groups is 1. The van der Waals surface area contributed by atoms with Gasteiger partial charge < -0.3 is 10.3 Å². The Labute approximate surface area is 133 Å². The van der Waals surface area contributed by atoms with Crippen molar-refractivity contribution in [2.24, 2.45) is 0 Å². The highest BCUT2D eigenvalue weighted by Gasteiger charge is 2.04. The van der Waals surface area contributed by atoms with E-state index in [1.54, 1.807) is 18.7 Å². The Balaban J connectivity index is 2.03. The van der Waals surface area contributed by atoms with E-state index in [9.17, 15) is 4.79 Å². The van der Waals surface area contributed by atoms with Crippen molar-refractivity contribution < 1.29 is 0 Å². The predicted molar refractivity (Wildman–Crippen MR) is 93.9 cm³/mol. The summed E-state index contributed by atoms with van der Waals surface area (Å²) in [6.45, 7) is 4.57. The molecule has 0 aliphatic carbocycles. The molecule has 0 radical (unpaired) electrons. The lowest BCUT2D eigenvalue weighted by molar-refractivity contribution is 0.896. The summed E-state index contributed by atoms with van der Waals surface area (Å²) in [5.41, 5.74) is 1.65. The zero-order valence-corrected chi connectivity index (χ0v) is 13.9. The normalized spacial score (nSPS) is 10.8. The maximum absolute atomic E-state index is 11.9. The predicted octanol–water partition coefficient (Wildman–Crippen LogP) is 3.14. The van der Waals surface area contributed by atoms with Crippen molar-refractivity contribution in [2.75, 3.05) is 5.75 Å². The van der Waals surface area contributed by atoms with E-state index in [1.807, 2.05) is 18.2 Å². The number of H-pyrrole nitrogens is 1. The number of benzene rings is 1. The van der Waals surface area contributed by atoms with Crippen LogP contribution in [-0.2, 0) is 6.54 Å². The number of aromatic nitrogens is 2. The molecule has 0 fully saturated rings. The standard InChI is InChI=1S/C15H19N3OS2/c1-3-4-7-21-15(20)16-9-11-5-6-13-12(8-11)14(19)18-10(2)17-13/h5-6,8H,3-4,7,9H2,1-2H3,(H,16,20)(H,17,18,19). The number of aryl methyl sites for hydroxylation is 1. The minimum Gasteiger partial charge on any atom is -0.367 e. The van der Waals surface area contributed by atoms with E-state index in [-0.39, 0.29) is 5.56 Å². The molecule has 0 unspecified atom stereocenters. The average Bonchev–Trinajstić information content (AvgIpc) is 2.45. The second-order valence-electron chi connectivity index (χ2n) is 4.85. The number of unbranched alkanes of at least 4 members (excludes halogenated alkanes) is 1. The van der Waals surface area contributed by atoms with Gasteiger partial charge in [0.15, 0.2) is 0 Å². The van der Waals surface area contributed by atoms with Crippen molar-refractivity contribution in [1.82, 2.24) is 15.3 Å². The van der Waals surface area contributed by atoms with Gasteiger partial charge in [0.1, 0.15) is 10.1 Å². The van der Waals surface area contributed by atoms with Crippen molar-refractivity contribution >= 4 is 39.2 Å². The van der Waals surface area contributed by atoms with Gasteiger partial charge in [-0.05, 0) is 31.0 Å². The first-order chi connectivity index (χ1) is 10.1. The van der Waals surface area contributed by atoms with E-state index < -0.39 is 0 Å². The third-order valence-corrected chi connectivity index (χ3v) is 4.45. The van der Waals surface area contributed by atoms with Crippen LogP contribution in [0.3, 0.4) is 0 Å². The second-order valence-corrected chi connectivity index (χ2v) is 6.62. The highest BCUT2D eigenvalue weighted by molar-refractivity contribution is 8.22. The van der Waals surface area contributed by atoms with Crippen LogP contribution in [0.5, 0.6) is 0 Å². The molecule has 1 aromatic carbocycles. The van der Waals surface area contributed by atoms with Crippen LogP contribution in [0.15, 0.2) is 23.0 Å². The highest BCUT2D eigenvalue weighted by Crippen LogP contribution is 2.11. The van der Waals surface area contributed by atoms with Crippen LogP contribution >= 0.6 is 24.0 Å². The van der Waals surface area contributed by atoms with Crippen LogP contribution in [0, 0.1) is 6.92 Å². The number of thioether (sulfide) groups is 1. The fourth-order valence-electron chi connectivity index (χ4n) is 1.95. The van der Waals surface area contributed by atoms with Crippen LogP contribution in [0.1, 0.15) is 31.2 Å². The summed E-state index contributed by atoms with van der Waals surface area (Å²) in [6, 6.07) is 5.72. The van der Waals surface area contributed by atoms with Gasteiger partial charge in [0.25, 0.3) is 5.56 Å². The molecule has 21 heavy (non-hydrogen) atoms. The molecule has 2 aromatic rings. The molecule has 6 heteroatoms. The van der Waals surface area contributed by atoms with Crippen molar-refractivity contribution in [3.63, 3.8) is 0 Å². The third kappa shape index (κ3) is 4.54. The molecule has 0 atom stereocenters. The van der Waals surface area contributed by atoms with Gasteiger partial charge in [-0.1, -0.05) is 43.4 Å². The first kappa shape index (κ1) is 16.0. The summed E-state index contributed by atoms with van der Waals surface area (Å²) in [5.74, 6) is 1.68. The first-order valence-electron chi connectivity index (χ1n) is 7.00. The molecular formula is C15H19N3OS2. The van der Waals surface area contributed by atoms with Crippen LogP contribution in [0.4, 0.5) is 0 Å². The zero-order valence-electron chi connectivity index (χ0n) is 12.2. The highest BCUT2D eigenvalue weighted by atomic mass is 32.2. The number of fused-ring (bicyclic) bond motifs is 1. The van der Waals surface area contributed by atoms with Crippen LogP contribution in [0.25, 0.3) is 10.9 Å². The van der Waals surface area contributed by atoms with E-state index in [1.165, 1.54) is 12.8 Å². The number of rotatable bonds is 5. The summed E-state index contributed by atoms with van der Waals surface area (Å²) >= 11 is 6.95. The lowest BCUT2D eigenvalue weighted by atomic mass is 10.1. The molecule has 0 bridgehead atoms. The molecule has 112 valence electrons. The van der Waals surface area contributed by atoms with Crippen molar-refractivity contribution in [3.05, 3.63) is 39.9 Å². The van der Waals surface area contributed by atoms with Crippen LogP contribution in [-0.4, -0.2) is 20.0 Å². The second kappa shape index (κ2) is 7.56. The molecule has 1 heterocycles. The molecule has 2 N–H and O–H groups in total. The molecule has 0 aliphatic heterocycles. The fraction of sp³-hybridized carbons (Fsp3) is 0.400. The molecule has 2 rings (SSSR count). The monoisotopic (exact) mass is 321 g/mol. The Morgan fingerprint density at radius 2 is 2.29 bits per heavy atom. The zero-order chi connectivity index (χ0) is 15.2. The number of nitrogens with one attached hydrogen (secondary N) is 2. The average molecular weight is 321 g/mol. The van der Waals surface area contributed by atoms with E-state index in [0.717, 1.165) is 21.2 Å². The lowest BCUT2D eigenvalue weighted by Gasteiger charge is -2.08. The van der Waals surface area contributed by atoms with E-state index >= 15 is 0 Å². The molecule has 4 nitrogen and oxygen atoms in total. The van der Waals surface area contributed by atoms with Gasteiger partial charge in [0.2, 0.25) is 0 Å². The first-order valence-corrected chi connectivity index (χ1v) is 8.39. The van der Waals surface area contributed by atoms with E-state index in [0.29, 0.717) is 17.8 Å². The quantitative estimate of drug-likeness (QED) is 0.654. The molecule has 0 saturated carbocycles. The van der Waals surface area contributed by atoms with Gasteiger partial charge in [-0.2, -0.15) is 0 Å². The summed E-state index contributed by atoms with van der Waals surface area (Å²) in [6.07, 6.45) is 2.35.